The van der Waals surface area contributed by atoms with Crippen molar-refractivity contribution in [3.63, 3.8) is 0 Å². The van der Waals surface area contributed by atoms with Crippen LogP contribution in [0.3, 0.4) is 0 Å². The van der Waals surface area contributed by atoms with Gasteiger partial charge < -0.3 is 14.6 Å². The van der Waals surface area contributed by atoms with Gasteiger partial charge in [0.15, 0.2) is 6.10 Å². The molecule has 1 aromatic rings. The molecule has 0 saturated heterocycles. The molecule has 0 amide bonds. The Bertz CT molecular complexity index is 453. The second-order valence-corrected chi connectivity index (χ2v) is 4.46. The van der Waals surface area contributed by atoms with Crippen LogP contribution in [0.15, 0.2) is 24.3 Å². The van der Waals surface area contributed by atoms with Crippen molar-refractivity contribution < 1.29 is 24.2 Å². The van der Waals surface area contributed by atoms with Crippen LogP contribution in [0.4, 0.5) is 0 Å². The Morgan fingerprint density at radius 3 is 2.53 bits per heavy atom. The van der Waals surface area contributed by atoms with Crippen LogP contribution in [-0.2, 0) is 20.7 Å². The molecule has 0 unspecified atom stereocenters. The SMILES string of the molecule is CC(=O)Oc1cccc(C[C@H](OC(C)C)C(=O)O)c1. The molecular formula is C14H18O5. The number of aliphatic carboxylic acids is 1. The maximum absolute atomic E-state index is 11.1. The highest BCUT2D eigenvalue weighted by Crippen LogP contribution is 2.16. The smallest absolute Gasteiger partial charge is 0.333 e. The lowest BCUT2D eigenvalue weighted by Gasteiger charge is -2.16. The van der Waals surface area contributed by atoms with E-state index >= 15 is 0 Å². The van der Waals surface area contributed by atoms with E-state index in [4.69, 9.17) is 14.6 Å². The van der Waals surface area contributed by atoms with Gasteiger partial charge in [0.2, 0.25) is 0 Å². The van der Waals surface area contributed by atoms with E-state index in [2.05, 4.69) is 0 Å². The minimum absolute atomic E-state index is 0.169. The van der Waals surface area contributed by atoms with E-state index in [1.165, 1.54) is 6.92 Å². The molecule has 0 radical (unpaired) electrons. The average molecular weight is 266 g/mol. The molecule has 104 valence electrons. The molecule has 0 aromatic heterocycles. The lowest BCUT2D eigenvalue weighted by Crippen LogP contribution is -2.29. The van der Waals surface area contributed by atoms with E-state index < -0.39 is 18.0 Å². The predicted octanol–water partition coefficient (Wildman–Crippen LogP) is 2.03. The normalized spacial score (nSPS) is 12.2. The molecule has 1 N–H and O–H groups in total. The van der Waals surface area contributed by atoms with Gasteiger partial charge in [0.05, 0.1) is 6.10 Å². The van der Waals surface area contributed by atoms with Crippen molar-refractivity contribution in [2.45, 2.75) is 39.4 Å². The average Bonchev–Trinajstić information content (AvgIpc) is 2.26. The van der Waals surface area contributed by atoms with E-state index in [1.54, 1.807) is 38.1 Å². The highest BCUT2D eigenvalue weighted by Gasteiger charge is 2.20. The molecule has 0 saturated carbocycles. The van der Waals surface area contributed by atoms with Crippen molar-refractivity contribution in [1.82, 2.24) is 0 Å². The third-order valence-electron chi connectivity index (χ3n) is 2.29. The summed E-state index contributed by atoms with van der Waals surface area (Å²) in [5.74, 6) is -1.02. The first-order valence-corrected chi connectivity index (χ1v) is 6.04. The van der Waals surface area contributed by atoms with Crippen molar-refractivity contribution in [3.8, 4) is 5.75 Å². The third-order valence-corrected chi connectivity index (χ3v) is 2.29. The summed E-state index contributed by atoms with van der Waals surface area (Å²) in [6, 6.07) is 6.76. The fourth-order valence-electron chi connectivity index (χ4n) is 1.64. The van der Waals surface area contributed by atoms with Gasteiger partial charge in [-0.3, -0.25) is 4.79 Å². The van der Waals surface area contributed by atoms with Crippen molar-refractivity contribution in [3.05, 3.63) is 29.8 Å². The zero-order valence-electron chi connectivity index (χ0n) is 11.3. The molecular weight excluding hydrogens is 248 g/mol. The predicted molar refractivity (Wildman–Crippen MR) is 69.1 cm³/mol. The summed E-state index contributed by atoms with van der Waals surface area (Å²) >= 11 is 0. The van der Waals surface area contributed by atoms with E-state index in [-0.39, 0.29) is 12.5 Å². The van der Waals surface area contributed by atoms with Gasteiger partial charge >= 0.3 is 11.9 Å². The minimum Gasteiger partial charge on any atom is -0.479 e. The number of ether oxygens (including phenoxy) is 2. The number of hydrogen-bond acceptors (Lipinski definition) is 4. The van der Waals surface area contributed by atoms with E-state index in [0.29, 0.717) is 5.75 Å². The lowest BCUT2D eigenvalue weighted by atomic mass is 10.1. The molecule has 0 aliphatic carbocycles. The fourth-order valence-corrected chi connectivity index (χ4v) is 1.64. The van der Waals surface area contributed by atoms with Crippen molar-refractivity contribution in [1.29, 1.82) is 0 Å². The van der Waals surface area contributed by atoms with Crippen molar-refractivity contribution in [2.75, 3.05) is 0 Å². The first kappa shape index (κ1) is 15.2. The molecule has 1 aromatic carbocycles. The Morgan fingerprint density at radius 1 is 1.32 bits per heavy atom. The molecule has 1 rings (SSSR count). The van der Waals surface area contributed by atoms with Gasteiger partial charge in [-0.05, 0) is 31.5 Å². The molecule has 0 spiro atoms. The number of esters is 1. The van der Waals surface area contributed by atoms with Crippen molar-refractivity contribution >= 4 is 11.9 Å². The number of carboxylic acid groups (broad SMARTS) is 1. The Labute approximate surface area is 112 Å². The highest BCUT2D eigenvalue weighted by molar-refractivity contribution is 5.73. The maximum atomic E-state index is 11.1. The Hall–Kier alpha value is -1.88. The van der Waals surface area contributed by atoms with E-state index in [1.807, 2.05) is 0 Å². The number of rotatable bonds is 6. The van der Waals surface area contributed by atoms with Crippen LogP contribution < -0.4 is 4.74 Å². The molecule has 0 fully saturated rings. The van der Waals surface area contributed by atoms with Gasteiger partial charge in [-0.1, -0.05) is 12.1 Å². The van der Waals surface area contributed by atoms with E-state index in [9.17, 15) is 9.59 Å². The summed E-state index contributed by atoms with van der Waals surface area (Å²) in [6.45, 7) is 4.88. The summed E-state index contributed by atoms with van der Waals surface area (Å²) in [4.78, 5) is 22.0. The van der Waals surface area contributed by atoms with E-state index in [0.717, 1.165) is 5.56 Å². The summed E-state index contributed by atoms with van der Waals surface area (Å²) in [6.07, 6.45) is -0.854. The first-order chi connectivity index (χ1) is 8.88. The summed E-state index contributed by atoms with van der Waals surface area (Å²) in [5, 5.41) is 9.09. The quantitative estimate of drug-likeness (QED) is 0.630. The number of hydrogen-bond donors (Lipinski definition) is 1. The van der Waals surface area contributed by atoms with Gasteiger partial charge in [0, 0.05) is 13.3 Å². The largest absolute Gasteiger partial charge is 0.479 e. The summed E-state index contributed by atoms with van der Waals surface area (Å²) in [7, 11) is 0. The minimum atomic E-state index is -1.01. The van der Waals surface area contributed by atoms with Gasteiger partial charge in [0.25, 0.3) is 0 Å². The monoisotopic (exact) mass is 266 g/mol. The Kier molecular flexibility index (Phi) is 5.51. The molecule has 0 bridgehead atoms. The highest BCUT2D eigenvalue weighted by atomic mass is 16.5. The van der Waals surface area contributed by atoms with Crippen molar-refractivity contribution in [2.24, 2.45) is 0 Å². The van der Waals surface area contributed by atoms with Crippen LogP contribution in [0.25, 0.3) is 0 Å². The van der Waals surface area contributed by atoms with Crippen LogP contribution in [0.1, 0.15) is 26.3 Å². The van der Waals surface area contributed by atoms with Crippen LogP contribution >= 0.6 is 0 Å². The second-order valence-electron chi connectivity index (χ2n) is 4.46. The third kappa shape index (κ3) is 5.52. The molecule has 1 atom stereocenters. The number of carbonyl (C=O) groups is 2. The van der Waals surface area contributed by atoms with Crippen LogP contribution in [0.5, 0.6) is 5.75 Å². The zero-order chi connectivity index (χ0) is 14.4. The van der Waals surface area contributed by atoms with Crippen LogP contribution in [0, 0.1) is 0 Å². The topological polar surface area (TPSA) is 72.8 Å². The molecule has 5 heteroatoms. The Balaban J connectivity index is 2.78. The van der Waals surface area contributed by atoms with Gasteiger partial charge in [-0.15, -0.1) is 0 Å². The lowest BCUT2D eigenvalue weighted by molar-refractivity contribution is -0.153. The number of carboxylic acids is 1. The number of benzene rings is 1. The van der Waals surface area contributed by atoms with Crippen LogP contribution in [-0.4, -0.2) is 29.3 Å². The second kappa shape index (κ2) is 6.89. The standard InChI is InChI=1S/C14H18O5/c1-9(2)18-13(14(16)17)8-11-5-4-6-12(7-11)19-10(3)15/h4-7,9,13H,8H2,1-3H3,(H,16,17)/t13-/m0/s1. The van der Waals surface area contributed by atoms with Crippen LogP contribution in [0.2, 0.25) is 0 Å². The number of carbonyl (C=O) groups excluding carboxylic acids is 1. The molecule has 5 nitrogen and oxygen atoms in total. The first-order valence-electron chi connectivity index (χ1n) is 6.04. The summed E-state index contributed by atoms with van der Waals surface area (Å²) in [5.41, 5.74) is 0.742. The zero-order valence-corrected chi connectivity index (χ0v) is 11.3. The van der Waals surface area contributed by atoms with Gasteiger partial charge in [-0.25, -0.2) is 4.79 Å². The van der Waals surface area contributed by atoms with Gasteiger partial charge in [0.1, 0.15) is 5.75 Å². The maximum Gasteiger partial charge on any atom is 0.333 e. The van der Waals surface area contributed by atoms with Gasteiger partial charge in [-0.2, -0.15) is 0 Å². The summed E-state index contributed by atoms with van der Waals surface area (Å²) < 4.78 is 10.3. The molecule has 0 aliphatic heterocycles. The molecule has 0 heterocycles. The fraction of sp³-hybridized carbons (Fsp3) is 0.429. The Morgan fingerprint density at radius 2 is 2.00 bits per heavy atom. The molecule has 19 heavy (non-hydrogen) atoms. The molecule has 0 aliphatic rings.